The Kier molecular flexibility index (Phi) is 5.12. The van der Waals surface area contributed by atoms with Crippen LogP contribution in [0.4, 0.5) is 0 Å². The summed E-state index contributed by atoms with van der Waals surface area (Å²) < 4.78 is 0. The van der Waals surface area contributed by atoms with Gasteiger partial charge in [-0.15, -0.1) is 11.8 Å². The summed E-state index contributed by atoms with van der Waals surface area (Å²) in [6.45, 7) is 6.71. The molecule has 20 heavy (non-hydrogen) atoms. The van der Waals surface area contributed by atoms with E-state index in [-0.39, 0.29) is 5.91 Å². The zero-order valence-electron chi connectivity index (χ0n) is 12.3. The maximum absolute atomic E-state index is 10.9. The molecule has 1 aromatic carbocycles. The molecule has 0 unspecified atom stereocenters. The predicted octanol–water partition coefficient (Wildman–Crippen LogP) is 3.59. The highest BCUT2D eigenvalue weighted by atomic mass is 32.2. The first-order chi connectivity index (χ1) is 9.56. The molecule has 2 aromatic rings. The summed E-state index contributed by atoms with van der Waals surface area (Å²) in [6, 6.07) is 6.56. The van der Waals surface area contributed by atoms with Crippen molar-refractivity contribution in [2.24, 2.45) is 5.92 Å². The van der Waals surface area contributed by atoms with Gasteiger partial charge in [0.1, 0.15) is 0 Å². The van der Waals surface area contributed by atoms with E-state index in [1.165, 1.54) is 15.8 Å². The first-order valence-electron chi connectivity index (χ1n) is 7.03. The van der Waals surface area contributed by atoms with E-state index in [2.05, 4.69) is 42.3 Å². The van der Waals surface area contributed by atoms with Gasteiger partial charge in [0.25, 0.3) is 0 Å². The Morgan fingerprint density at radius 2 is 2.20 bits per heavy atom. The number of hydrogen-bond acceptors (Lipinski definition) is 2. The molecular weight excluding hydrogens is 268 g/mol. The number of carbonyl (C=O) groups excluding carboxylic acids is 1. The van der Waals surface area contributed by atoms with Crippen molar-refractivity contribution in [1.82, 2.24) is 10.3 Å². The first kappa shape index (κ1) is 15.0. The average Bonchev–Trinajstić information content (AvgIpc) is 2.79. The number of nitrogens with one attached hydrogen (secondary N) is 2. The van der Waals surface area contributed by atoms with Gasteiger partial charge in [0, 0.05) is 41.2 Å². The number of carbonyl (C=O) groups is 1. The molecule has 0 radical (unpaired) electrons. The number of rotatable bonds is 6. The van der Waals surface area contributed by atoms with Crippen molar-refractivity contribution in [3.63, 3.8) is 0 Å². The van der Waals surface area contributed by atoms with Crippen LogP contribution in [0.2, 0.25) is 0 Å². The molecule has 0 spiro atoms. The molecule has 0 aliphatic heterocycles. The molecule has 2 N–H and O–H groups in total. The SMILES string of the molecule is CC(=O)NCCc1c[nH]c2ccc(SCC(C)C)cc12. The minimum absolute atomic E-state index is 0.0259. The Labute approximate surface area is 124 Å². The molecule has 3 nitrogen and oxygen atoms in total. The third-order valence-electron chi connectivity index (χ3n) is 3.09. The van der Waals surface area contributed by atoms with E-state index in [0.29, 0.717) is 12.5 Å². The Morgan fingerprint density at radius 3 is 2.90 bits per heavy atom. The Hall–Kier alpha value is -1.42. The van der Waals surface area contributed by atoms with Crippen LogP contribution in [0.1, 0.15) is 26.3 Å². The highest BCUT2D eigenvalue weighted by molar-refractivity contribution is 7.99. The van der Waals surface area contributed by atoms with Crippen LogP contribution in [0.5, 0.6) is 0 Å². The van der Waals surface area contributed by atoms with Crippen molar-refractivity contribution in [3.05, 3.63) is 30.0 Å². The van der Waals surface area contributed by atoms with Crippen molar-refractivity contribution in [2.75, 3.05) is 12.3 Å². The topological polar surface area (TPSA) is 44.9 Å². The average molecular weight is 290 g/mol. The third kappa shape index (κ3) is 4.04. The maximum Gasteiger partial charge on any atom is 0.216 e. The summed E-state index contributed by atoms with van der Waals surface area (Å²) in [7, 11) is 0. The van der Waals surface area contributed by atoms with E-state index >= 15 is 0 Å². The van der Waals surface area contributed by atoms with Crippen molar-refractivity contribution < 1.29 is 4.79 Å². The second-order valence-electron chi connectivity index (χ2n) is 5.46. The molecule has 1 heterocycles. The molecule has 0 aliphatic carbocycles. The fraction of sp³-hybridized carbons (Fsp3) is 0.438. The van der Waals surface area contributed by atoms with Crippen molar-refractivity contribution in [1.29, 1.82) is 0 Å². The molecule has 2 rings (SSSR count). The summed E-state index contributed by atoms with van der Waals surface area (Å²) >= 11 is 1.90. The molecule has 1 amide bonds. The van der Waals surface area contributed by atoms with Crippen molar-refractivity contribution >= 4 is 28.6 Å². The molecule has 0 atom stereocenters. The van der Waals surface area contributed by atoms with Gasteiger partial charge in [-0.2, -0.15) is 0 Å². The molecule has 0 saturated heterocycles. The van der Waals surface area contributed by atoms with E-state index < -0.39 is 0 Å². The lowest BCUT2D eigenvalue weighted by atomic mass is 10.1. The van der Waals surface area contributed by atoms with Gasteiger partial charge in [-0.3, -0.25) is 4.79 Å². The second kappa shape index (κ2) is 6.84. The minimum Gasteiger partial charge on any atom is -0.361 e. The highest BCUT2D eigenvalue weighted by Crippen LogP contribution is 2.27. The Morgan fingerprint density at radius 1 is 1.40 bits per heavy atom. The summed E-state index contributed by atoms with van der Waals surface area (Å²) in [5, 5.41) is 4.11. The van der Waals surface area contributed by atoms with Gasteiger partial charge in [-0.25, -0.2) is 0 Å². The van der Waals surface area contributed by atoms with Crippen molar-refractivity contribution in [3.8, 4) is 0 Å². The Bertz CT molecular complexity index is 589. The lowest BCUT2D eigenvalue weighted by Crippen LogP contribution is -2.22. The van der Waals surface area contributed by atoms with E-state index in [9.17, 15) is 4.79 Å². The zero-order chi connectivity index (χ0) is 14.5. The van der Waals surface area contributed by atoms with Crippen LogP contribution in [0.3, 0.4) is 0 Å². The van der Waals surface area contributed by atoms with Crippen LogP contribution < -0.4 is 5.32 Å². The lowest BCUT2D eigenvalue weighted by molar-refractivity contribution is -0.118. The third-order valence-corrected chi connectivity index (χ3v) is 4.51. The summed E-state index contributed by atoms with van der Waals surface area (Å²) in [4.78, 5) is 15.5. The number of fused-ring (bicyclic) bond motifs is 1. The monoisotopic (exact) mass is 290 g/mol. The molecule has 0 saturated carbocycles. The maximum atomic E-state index is 10.9. The molecule has 0 fully saturated rings. The lowest BCUT2D eigenvalue weighted by Gasteiger charge is -2.06. The van der Waals surface area contributed by atoms with Crippen LogP contribution in [-0.2, 0) is 11.2 Å². The standard InChI is InChI=1S/C16H22N2OS/c1-11(2)10-20-14-4-5-16-15(8-14)13(9-18-16)6-7-17-12(3)19/h4-5,8-9,11,18H,6-7,10H2,1-3H3,(H,17,19). The molecule has 1 aromatic heterocycles. The largest absolute Gasteiger partial charge is 0.361 e. The van der Waals surface area contributed by atoms with Gasteiger partial charge in [0.05, 0.1) is 0 Å². The van der Waals surface area contributed by atoms with Gasteiger partial charge in [-0.1, -0.05) is 13.8 Å². The molecule has 0 aliphatic rings. The minimum atomic E-state index is 0.0259. The van der Waals surface area contributed by atoms with Gasteiger partial charge in [0.15, 0.2) is 0 Å². The highest BCUT2D eigenvalue weighted by Gasteiger charge is 2.06. The van der Waals surface area contributed by atoms with Gasteiger partial charge >= 0.3 is 0 Å². The summed E-state index contributed by atoms with van der Waals surface area (Å²) in [5.41, 5.74) is 2.43. The smallest absolute Gasteiger partial charge is 0.216 e. The van der Waals surface area contributed by atoms with Gasteiger partial charge in [0.2, 0.25) is 5.91 Å². The summed E-state index contributed by atoms with van der Waals surface area (Å²) in [5.74, 6) is 1.86. The molecule has 4 heteroatoms. The summed E-state index contributed by atoms with van der Waals surface area (Å²) in [6.07, 6.45) is 2.90. The number of thioether (sulfide) groups is 1. The number of amides is 1. The van der Waals surface area contributed by atoms with Gasteiger partial charge in [-0.05, 0) is 36.1 Å². The van der Waals surface area contributed by atoms with E-state index in [4.69, 9.17) is 0 Å². The fourth-order valence-electron chi connectivity index (χ4n) is 2.09. The Balaban J connectivity index is 2.10. The van der Waals surface area contributed by atoms with Crippen LogP contribution in [0.25, 0.3) is 10.9 Å². The molecular formula is C16H22N2OS. The van der Waals surface area contributed by atoms with Crippen LogP contribution in [0, 0.1) is 5.92 Å². The van der Waals surface area contributed by atoms with Crippen LogP contribution in [0.15, 0.2) is 29.3 Å². The zero-order valence-corrected chi connectivity index (χ0v) is 13.1. The van der Waals surface area contributed by atoms with Gasteiger partial charge < -0.3 is 10.3 Å². The number of aromatic amines is 1. The number of benzene rings is 1. The number of aromatic nitrogens is 1. The van der Waals surface area contributed by atoms with E-state index in [1.807, 2.05) is 18.0 Å². The molecule has 108 valence electrons. The second-order valence-corrected chi connectivity index (χ2v) is 6.55. The quantitative estimate of drug-likeness (QED) is 0.799. The van der Waals surface area contributed by atoms with E-state index in [0.717, 1.165) is 17.7 Å². The fourth-order valence-corrected chi connectivity index (χ4v) is 2.98. The predicted molar refractivity (Wildman–Crippen MR) is 86.2 cm³/mol. The van der Waals surface area contributed by atoms with E-state index in [1.54, 1.807) is 6.92 Å². The first-order valence-corrected chi connectivity index (χ1v) is 8.02. The number of H-pyrrole nitrogens is 1. The normalized spacial score (nSPS) is 11.2. The molecule has 0 bridgehead atoms. The van der Waals surface area contributed by atoms with Crippen LogP contribution >= 0.6 is 11.8 Å². The van der Waals surface area contributed by atoms with Crippen LogP contribution in [-0.4, -0.2) is 23.2 Å². The number of hydrogen-bond donors (Lipinski definition) is 2. The van der Waals surface area contributed by atoms with Crippen molar-refractivity contribution in [2.45, 2.75) is 32.1 Å².